The number of likely N-dealkylation sites (N-methyl/N-ethyl adjacent to an activating group) is 1. The second-order valence-electron chi connectivity index (χ2n) is 5.84. The van der Waals surface area contributed by atoms with Crippen molar-refractivity contribution in [2.45, 2.75) is 19.1 Å². The lowest BCUT2D eigenvalue weighted by atomic mass is 10.0. The summed E-state index contributed by atoms with van der Waals surface area (Å²) in [4.78, 5) is 16.3. The molecule has 1 amide bonds. The molecule has 0 spiro atoms. The van der Waals surface area contributed by atoms with Crippen LogP contribution in [-0.4, -0.2) is 57.8 Å². The zero-order valence-corrected chi connectivity index (χ0v) is 13.7. The molecule has 1 aromatic carbocycles. The summed E-state index contributed by atoms with van der Waals surface area (Å²) in [6.07, 6.45) is -0.465. The minimum Gasteiger partial charge on any atom is -0.479 e. The van der Waals surface area contributed by atoms with Crippen molar-refractivity contribution in [1.29, 1.82) is 0 Å². The first kappa shape index (κ1) is 16.7. The molecule has 22 heavy (non-hydrogen) atoms. The number of amides is 1. The number of nitrogens with two attached hydrogens (primary N) is 1. The van der Waals surface area contributed by atoms with Gasteiger partial charge in [0.15, 0.2) is 6.10 Å². The van der Waals surface area contributed by atoms with Gasteiger partial charge in [0.1, 0.15) is 5.75 Å². The van der Waals surface area contributed by atoms with Crippen molar-refractivity contribution in [3.8, 4) is 5.75 Å². The predicted molar refractivity (Wildman–Crippen MR) is 86.2 cm³/mol. The molecule has 6 nitrogen and oxygen atoms in total. The minimum absolute atomic E-state index is 0.0215. The van der Waals surface area contributed by atoms with Crippen LogP contribution in [0.15, 0.2) is 18.2 Å². The lowest BCUT2D eigenvalue weighted by Crippen LogP contribution is -2.47. The number of methoxy groups -OCH3 is 1. The average molecular weight is 307 g/mol. The highest BCUT2D eigenvalue weighted by Crippen LogP contribution is 2.35. The summed E-state index contributed by atoms with van der Waals surface area (Å²) in [6, 6.07) is 5.51. The van der Waals surface area contributed by atoms with Crippen molar-refractivity contribution in [2.24, 2.45) is 5.73 Å². The van der Waals surface area contributed by atoms with E-state index in [1.165, 1.54) is 0 Å². The maximum Gasteiger partial charge on any atom is 0.267 e. The summed E-state index contributed by atoms with van der Waals surface area (Å²) >= 11 is 0. The van der Waals surface area contributed by atoms with Crippen molar-refractivity contribution in [3.63, 3.8) is 0 Å². The molecular formula is C16H25N3O3. The Morgan fingerprint density at radius 1 is 1.45 bits per heavy atom. The number of carbonyl (C=O) groups excluding carboxylic acids is 1. The van der Waals surface area contributed by atoms with Gasteiger partial charge in [-0.25, -0.2) is 0 Å². The monoisotopic (exact) mass is 307 g/mol. The van der Waals surface area contributed by atoms with Crippen LogP contribution in [0.4, 0.5) is 5.69 Å². The van der Waals surface area contributed by atoms with Gasteiger partial charge in [0, 0.05) is 20.2 Å². The number of carbonyl (C=O) groups is 1. The Kier molecular flexibility index (Phi) is 5.39. The highest BCUT2D eigenvalue weighted by atomic mass is 16.5. The summed E-state index contributed by atoms with van der Waals surface area (Å²) in [7, 11) is 5.59. The average Bonchev–Trinajstić information content (AvgIpc) is 2.47. The fraction of sp³-hybridized carbons (Fsp3) is 0.562. The summed E-state index contributed by atoms with van der Waals surface area (Å²) in [6.45, 7) is 3.61. The SMILES string of the molecule is COCC(N)c1ccc2c(c1)N(CCN(C)C)C(=O)C(C)O2. The molecule has 2 N–H and O–H groups in total. The first-order valence-electron chi connectivity index (χ1n) is 7.45. The Bertz CT molecular complexity index is 533. The van der Waals surface area contributed by atoms with Crippen LogP contribution in [0.5, 0.6) is 5.75 Å². The lowest BCUT2D eigenvalue weighted by molar-refractivity contribution is -0.125. The molecule has 122 valence electrons. The third-order valence-corrected chi connectivity index (χ3v) is 3.74. The van der Waals surface area contributed by atoms with Gasteiger partial charge >= 0.3 is 0 Å². The van der Waals surface area contributed by atoms with Crippen molar-refractivity contribution < 1.29 is 14.3 Å². The van der Waals surface area contributed by atoms with E-state index < -0.39 is 6.10 Å². The van der Waals surface area contributed by atoms with E-state index in [1.807, 2.05) is 37.2 Å². The second kappa shape index (κ2) is 7.09. The minimum atomic E-state index is -0.465. The molecule has 2 unspecified atom stereocenters. The van der Waals surface area contributed by atoms with Gasteiger partial charge in [0.05, 0.1) is 18.3 Å². The van der Waals surface area contributed by atoms with E-state index in [2.05, 4.69) is 0 Å². The first-order valence-corrected chi connectivity index (χ1v) is 7.45. The number of ether oxygens (including phenoxy) is 2. The maximum atomic E-state index is 12.4. The van der Waals surface area contributed by atoms with Crippen molar-refractivity contribution >= 4 is 11.6 Å². The third-order valence-electron chi connectivity index (χ3n) is 3.74. The van der Waals surface area contributed by atoms with E-state index >= 15 is 0 Å². The van der Waals surface area contributed by atoms with E-state index in [4.69, 9.17) is 15.2 Å². The van der Waals surface area contributed by atoms with Crippen LogP contribution in [0, 0.1) is 0 Å². The molecule has 2 atom stereocenters. The number of benzene rings is 1. The van der Waals surface area contributed by atoms with E-state index in [0.29, 0.717) is 13.2 Å². The summed E-state index contributed by atoms with van der Waals surface area (Å²) in [5.74, 6) is 0.700. The van der Waals surface area contributed by atoms with Gasteiger partial charge in [-0.3, -0.25) is 4.79 Å². The quantitative estimate of drug-likeness (QED) is 0.849. The van der Waals surface area contributed by atoms with Crippen LogP contribution in [0.25, 0.3) is 0 Å². The lowest BCUT2D eigenvalue weighted by Gasteiger charge is -2.34. The Morgan fingerprint density at radius 2 is 2.18 bits per heavy atom. The molecule has 0 aromatic heterocycles. The van der Waals surface area contributed by atoms with Gasteiger partial charge in [0.2, 0.25) is 0 Å². The molecule has 0 fully saturated rings. The smallest absolute Gasteiger partial charge is 0.267 e. The summed E-state index contributed by atoms with van der Waals surface area (Å²) in [5, 5.41) is 0. The van der Waals surface area contributed by atoms with E-state index in [-0.39, 0.29) is 11.9 Å². The van der Waals surface area contributed by atoms with Crippen LogP contribution in [0.2, 0.25) is 0 Å². The number of fused-ring (bicyclic) bond motifs is 1. The zero-order chi connectivity index (χ0) is 16.3. The van der Waals surface area contributed by atoms with Crippen LogP contribution >= 0.6 is 0 Å². The Balaban J connectivity index is 2.32. The molecule has 0 bridgehead atoms. The predicted octanol–water partition coefficient (Wildman–Crippen LogP) is 1.01. The van der Waals surface area contributed by atoms with Gasteiger partial charge in [-0.05, 0) is 38.7 Å². The Labute approximate surface area is 131 Å². The van der Waals surface area contributed by atoms with E-state index in [1.54, 1.807) is 18.9 Å². The van der Waals surface area contributed by atoms with Gasteiger partial charge in [-0.1, -0.05) is 6.07 Å². The topological polar surface area (TPSA) is 68.0 Å². The largest absolute Gasteiger partial charge is 0.479 e. The molecule has 1 aromatic rings. The molecule has 6 heteroatoms. The van der Waals surface area contributed by atoms with Crippen LogP contribution in [0.1, 0.15) is 18.5 Å². The number of anilines is 1. The molecule has 1 aliphatic rings. The second-order valence-corrected chi connectivity index (χ2v) is 5.84. The van der Waals surface area contributed by atoms with Gasteiger partial charge in [-0.15, -0.1) is 0 Å². The van der Waals surface area contributed by atoms with Gasteiger partial charge < -0.3 is 25.0 Å². The number of nitrogens with zero attached hydrogens (tertiary/aromatic N) is 2. The first-order chi connectivity index (χ1) is 10.4. The van der Waals surface area contributed by atoms with Crippen LogP contribution in [0.3, 0.4) is 0 Å². The number of hydrogen-bond acceptors (Lipinski definition) is 5. The van der Waals surface area contributed by atoms with Crippen LogP contribution < -0.4 is 15.4 Å². The van der Waals surface area contributed by atoms with E-state index in [0.717, 1.165) is 23.5 Å². The number of rotatable bonds is 6. The maximum absolute atomic E-state index is 12.4. The summed E-state index contributed by atoms with van der Waals surface area (Å²) in [5.41, 5.74) is 7.81. The highest BCUT2D eigenvalue weighted by molar-refractivity contribution is 5.99. The van der Waals surface area contributed by atoms with Crippen molar-refractivity contribution in [3.05, 3.63) is 23.8 Å². The normalized spacial score (nSPS) is 19.1. The molecule has 1 heterocycles. The molecular weight excluding hydrogens is 282 g/mol. The van der Waals surface area contributed by atoms with Crippen molar-refractivity contribution in [1.82, 2.24) is 4.90 Å². The number of hydrogen-bond donors (Lipinski definition) is 1. The summed E-state index contributed by atoms with van der Waals surface area (Å²) < 4.78 is 10.8. The Morgan fingerprint density at radius 3 is 2.82 bits per heavy atom. The molecule has 2 rings (SSSR count). The molecule has 0 saturated carbocycles. The highest BCUT2D eigenvalue weighted by Gasteiger charge is 2.31. The van der Waals surface area contributed by atoms with Gasteiger partial charge in [-0.2, -0.15) is 0 Å². The fourth-order valence-electron chi connectivity index (χ4n) is 2.46. The molecule has 0 radical (unpaired) electrons. The van der Waals surface area contributed by atoms with Gasteiger partial charge in [0.25, 0.3) is 5.91 Å². The van der Waals surface area contributed by atoms with Crippen LogP contribution in [-0.2, 0) is 9.53 Å². The Hall–Kier alpha value is -1.63. The molecule has 0 aliphatic carbocycles. The van der Waals surface area contributed by atoms with E-state index in [9.17, 15) is 4.79 Å². The zero-order valence-electron chi connectivity index (χ0n) is 13.7. The standard InChI is InChI=1S/C16H25N3O3/c1-11-16(20)19(8-7-18(2)3)14-9-12(13(17)10-21-4)5-6-15(14)22-11/h5-6,9,11,13H,7-8,10,17H2,1-4H3. The van der Waals surface area contributed by atoms with Crippen molar-refractivity contribution in [2.75, 3.05) is 45.8 Å². The fourth-order valence-corrected chi connectivity index (χ4v) is 2.46. The third kappa shape index (κ3) is 3.58. The molecule has 1 aliphatic heterocycles. The molecule has 0 saturated heterocycles.